The van der Waals surface area contributed by atoms with Crippen LogP contribution in [0, 0.1) is 0 Å². The van der Waals surface area contributed by atoms with Crippen molar-refractivity contribution in [2.75, 3.05) is 44.7 Å². The van der Waals surface area contributed by atoms with Gasteiger partial charge in [0, 0.05) is 64.0 Å². The molecule has 1 atom stereocenters. The van der Waals surface area contributed by atoms with Crippen molar-refractivity contribution in [2.45, 2.75) is 45.1 Å². The Morgan fingerprint density at radius 2 is 2.19 bits per heavy atom. The van der Waals surface area contributed by atoms with Gasteiger partial charge in [-0.1, -0.05) is 0 Å². The Hall–Kier alpha value is -1.10. The average Bonchev–Trinajstić information content (AvgIpc) is 3.29. The number of hydrogen-bond donors (Lipinski definition) is 2. The number of anilines is 1. The number of nitrogens with one attached hydrogen (secondary N) is 2. The number of nitrogens with zero attached hydrogens (tertiary/aromatic N) is 4. The lowest BCUT2D eigenvalue weighted by Gasteiger charge is -2.31. The Morgan fingerprint density at radius 1 is 1.41 bits per heavy atom. The summed E-state index contributed by atoms with van der Waals surface area (Å²) < 4.78 is 0. The zero-order chi connectivity index (χ0) is 18.4. The van der Waals surface area contributed by atoms with Gasteiger partial charge in [0.2, 0.25) is 5.91 Å². The first-order valence-corrected chi connectivity index (χ1v) is 10.5. The van der Waals surface area contributed by atoms with Crippen molar-refractivity contribution in [2.24, 2.45) is 4.99 Å². The largest absolute Gasteiger partial charge is 0.357 e. The molecule has 3 rings (SSSR count). The van der Waals surface area contributed by atoms with Crippen molar-refractivity contribution in [3.05, 3.63) is 11.1 Å². The van der Waals surface area contributed by atoms with E-state index in [0.717, 1.165) is 55.8 Å². The molecule has 1 unspecified atom stereocenters. The van der Waals surface area contributed by atoms with Gasteiger partial charge < -0.3 is 20.4 Å². The highest BCUT2D eigenvalue weighted by atomic mass is 127. The summed E-state index contributed by atoms with van der Waals surface area (Å²) in [5.74, 6) is 1.05. The van der Waals surface area contributed by atoms with Crippen LogP contribution >= 0.6 is 35.3 Å². The summed E-state index contributed by atoms with van der Waals surface area (Å²) in [4.78, 5) is 25.2. The van der Waals surface area contributed by atoms with Crippen LogP contribution in [0.1, 0.15) is 38.3 Å². The van der Waals surface area contributed by atoms with Gasteiger partial charge >= 0.3 is 0 Å². The van der Waals surface area contributed by atoms with Gasteiger partial charge in [0.1, 0.15) is 0 Å². The number of piperidine rings is 1. The normalized spacial score (nSPS) is 20.6. The van der Waals surface area contributed by atoms with Gasteiger partial charge in [-0.05, 0) is 26.2 Å². The van der Waals surface area contributed by atoms with E-state index in [2.05, 4.69) is 27.8 Å². The molecule has 0 aliphatic carbocycles. The van der Waals surface area contributed by atoms with E-state index in [0.29, 0.717) is 13.0 Å². The predicted octanol–water partition coefficient (Wildman–Crippen LogP) is 2.08. The summed E-state index contributed by atoms with van der Waals surface area (Å²) in [6.07, 6.45) is 4.87. The molecule has 0 aromatic carbocycles. The Kier molecular flexibility index (Phi) is 9.07. The number of guanidine groups is 1. The first-order valence-electron chi connectivity index (χ1n) is 9.64. The number of likely N-dealkylation sites (tertiary alicyclic amines) is 1. The minimum absolute atomic E-state index is 0. The summed E-state index contributed by atoms with van der Waals surface area (Å²) in [5.41, 5.74) is 1.12. The number of amides is 1. The quantitative estimate of drug-likeness (QED) is 0.351. The van der Waals surface area contributed by atoms with E-state index in [9.17, 15) is 4.79 Å². The summed E-state index contributed by atoms with van der Waals surface area (Å²) in [6.45, 7) is 6.60. The van der Waals surface area contributed by atoms with Crippen molar-refractivity contribution < 1.29 is 4.79 Å². The summed E-state index contributed by atoms with van der Waals surface area (Å²) >= 11 is 1.74. The topological polar surface area (TPSA) is 72.9 Å². The van der Waals surface area contributed by atoms with Crippen LogP contribution in [0.25, 0.3) is 0 Å². The average molecular weight is 506 g/mol. The highest BCUT2D eigenvalue weighted by Crippen LogP contribution is 2.24. The maximum Gasteiger partial charge on any atom is 0.222 e. The predicted molar refractivity (Wildman–Crippen MR) is 122 cm³/mol. The van der Waals surface area contributed by atoms with Gasteiger partial charge in [0.15, 0.2) is 11.1 Å². The summed E-state index contributed by atoms with van der Waals surface area (Å²) in [7, 11) is 1.86. The SMILES string of the molecule is CCNC(=NCCc1csc(N2CCCC2)n1)NC1CCC(=O)N(C)C1.I. The molecule has 1 amide bonds. The van der Waals surface area contributed by atoms with E-state index >= 15 is 0 Å². The molecule has 2 fully saturated rings. The highest BCUT2D eigenvalue weighted by Gasteiger charge is 2.23. The van der Waals surface area contributed by atoms with Crippen LogP contribution < -0.4 is 15.5 Å². The van der Waals surface area contributed by atoms with Crippen LogP contribution in [0.4, 0.5) is 5.13 Å². The molecule has 152 valence electrons. The fourth-order valence-corrected chi connectivity index (χ4v) is 4.30. The molecule has 9 heteroatoms. The standard InChI is InChI=1S/C18H30N6OS.HI/c1-3-19-17(21-14-6-7-16(25)23(2)12-14)20-9-8-15-13-26-18(22-15)24-10-4-5-11-24;/h13-14H,3-12H2,1-2H3,(H2,19,20,21);1H. The lowest BCUT2D eigenvalue weighted by Crippen LogP contribution is -2.51. The van der Waals surface area contributed by atoms with Gasteiger partial charge in [0.05, 0.1) is 5.69 Å². The van der Waals surface area contributed by atoms with E-state index in [1.165, 1.54) is 12.8 Å². The number of carbonyl (C=O) groups is 1. The van der Waals surface area contributed by atoms with Crippen molar-refractivity contribution in [3.63, 3.8) is 0 Å². The lowest BCUT2D eigenvalue weighted by molar-refractivity contribution is -0.132. The third kappa shape index (κ3) is 6.48. The van der Waals surface area contributed by atoms with Crippen LogP contribution in [-0.4, -0.2) is 67.6 Å². The van der Waals surface area contributed by atoms with Crippen LogP contribution in [-0.2, 0) is 11.2 Å². The van der Waals surface area contributed by atoms with Gasteiger partial charge in [0.25, 0.3) is 0 Å². The van der Waals surface area contributed by atoms with Crippen molar-refractivity contribution in [3.8, 4) is 0 Å². The number of hydrogen-bond acceptors (Lipinski definition) is 5. The van der Waals surface area contributed by atoms with Gasteiger partial charge in [-0.15, -0.1) is 35.3 Å². The molecule has 27 heavy (non-hydrogen) atoms. The molecule has 1 aromatic rings. The molecule has 2 aliphatic rings. The minimum Gasteiger partial charge on any atom is -0.357 e. The maximum absolute atomic E-state index is 11.6. The molecule has 3 heterocycles. The highest BCUT2D eigenvalue weighted by molar-refractivity contribution is 14.0. The van der Waals surface area contributed by atoms with Crippen LogP contribution in [0.15, 0.2) is 10.4 Å². The molecule has 0 spiro atoms. The zero-order valence-electron chi connectivity index (χ0n) is 16.2. The first-order chi connectivity index (χ1) is 12.7. The van der Waals surface area contributed by atoms with E-state index < -0.39 is 0 Å². The third-order valence-electron chi connectivity index (χ3n) is 4.87. The second-order valence-electron chi connectivity index (χ2n) is 6.98. The Morgan fingerprint density at radius 3 is 2.89 bits per heavy atom. The smallest absolute Gasteiger partial charge is 0.222 e. The number of aromatic nitrogens is 1. The number of aliphatic imine (C=N–C) groups is 1. The fourth-order valence-electron chi connectivity index (χ4n) is 3.39. The Bertz CT molecular complexity index is 631. The van der Waals surface area contributed by atoms with Crippen molar-refractivity contribution in [1.82, 2.24) is 20.5 Å². The van der Waals surface area contributed by atoms with Gasteiger partial charge in [-0.2, -0.15) is 0 Å². The molecule has 2 aliphatic heterocycles. The lowest BCUT2D eigenvalue weighted by atomic mass is 10.1. The molecule has 0 radical (unpaired) electrons. The Balaban J connectivity index is 0.00000261. The van der Waals surface area contributed by atoms with Gasteiger partial charge in [-0.25, -0.2) is 4.98 Å². The monoisotopic (exact) mass is 506 g/mol. The van der Waals surface area contributed by atoms with Crippen molar-refractivity contribution >= 4 is 52.3 Å². The van der Waals surface area contributed by atoms with Gasteiger partial charge in [-0.3, -0.25) is 9.79 Å². The van der Waals surface area contributed by atoms with E-state index in [1.54, 1.807) is 16.2 Å². The molecule has 1 aromatic heterocycles. The number of halogens is 1. The summed E-state index contributed by atoms with van der Waals surface area (Å²) in [5, 5.41) is 10.1. The first kappa shape index (κ1) is 22.2. The van der Waals surface area contributed by atoms with E-state index in [1.807, 2.05) is 7.05 Å². The molecule has 0 bridgehead atoms. The number of carbonyl (C=O) groups excluding carboxylic acids is 1. The molecular formula is C18H31IN6OS. The van der Waals surface area contributed by atoms with Crippen LogP contribution in [0.5, 0.6) is 0 Å². The molecule has 0 saturated carbocycles. The number of likely N-dealkylation sites (N-methyl/N-ethyl adjacent to an activating group) is 1. The van der Waals surface area contributed by atoms with E-state index in [4.69, 9.17) is 9.98 Å². The summed E-state index contributed by atoms with van der Waals surface area (Å²) in [6, 6.07) is 0.261. The Labute approximate surface area is 183 Å². The van der Waals surface area contributed by atoms with Crippen molar-refractivity contribution in [1.29, 1.82) is 0 Å². The second-order valence-corrected chi connectivity index (χ2v) is 7.82. The second kappa shape index (κ2) is 11.0. The molecule has 2 N–H and O–H groups in total. The van der Waals surface area contributed by atoms with Crippen LogP contribution in [0.3, 0.4) is 0 Å². The maximum atomic E-state index is 11.6. The molecular weight excluding hydrogens is 475 g/mol. The minimum atomic E-state index is 0. The third-order valence-corrected chi connectivity index (χ3v) is 5.82. The van der Waals surface area contributed by atoms with Crippen LogP contribution in [0.2, 0.25) is 0 Å². The fraction of sp³-hybridized carbons (Fsp3) is 0.722. The molecule has 2 saturated heterocycles. The number of thiazole rings is 1. The zero-order valence-corrected chi connectivity index (χ0v) is 19.4. The molecule has 7 nitrogen and oxygen atoms in total. The van der Waals surface area contributed by atoms with E-state index in [-0.39, 0.29) is 35.9 Å². The number of rotatable bonds is 6.